The van der Waals surface area contributed by atoms with E-state index in [-0.39, 0.29) is 17.4 Å². The molecule has 0 amide bonds. The highest BCUT2D eigenvalue weighted by atomic mass is 19.1. The van der Waals surface area contributed by atoms with Crippen LogP contribution in [0.5, 0.6) is 5.75 Å². The Morgan fingerprint density at radius 1 is 0.963 bits per heavy atom. The highest BCUT2D eigenvalue weighted by Crippen LogP contribution is 2.39. The highest BCUT2D eigenvalue weighted by Gasteiger charge is 2.25. The fourth-order valence-electron chi connectivity index (χ4n) is 3.91. The lowest BCUT2D eigenvalue weighted by molar-refractivity contribution is 0.305. The largest absolute Gasteiger partial charge is 0.488 e. The molecule has 2 N–H and O–H groups in total. The fourth-order valence-corrected chi connectivity index (χ4v) is 3.91. The molecule has 2 heterocycles. The van der Waals surface area contributed by atoms with Crippen LogP contribution in [0.3, 0.4) is 0 Å². The van der Waals surface area contributed by atoms with E-state index in [9.17, 15) is 9.18 Å². The van der Waals surface area contributed by atoms with Crippen molar-refractivity contribution >= 4 is 11.0 Å². The summed E-state index contributed by atoms with van der Waals surface area (Å²) in [5.74, 6) is 0.333. The van der Waals surface area contributed by atoms with Gasteiger partial charge in [-0.3, -0.25) is 0 Å². The van der Waals surface area contributed by atoms with E-state index in [1.54, 1.807) is 0 Å². The summed E-state index contributed by atoms with van der Waals surface area (Å²) in [5, 5.41) is 0. The number of hydrogen-bond donors (Lipinski definition) is 2. The van der Waals surface area contributed by atoms with Gasteiger partial charge in [-0.15, -0.1) is 0 Å². The Morgan fingerprint density at radius 2 is 1.81 bits per heavy atom. The van der Waals surface area contributed by atoms with Gasteiger partial charge in [0.05, 0.1) is 11.0 Å². The molecule has 134 valence electrons. The zero-order valence-corrected chi connectivity index (χ0v) is 14.5. The molecule has 0 aliphatic carbocycles. The SMILES string of the molecule is O=c1[nH]c2ccc(C[C@H]3c4ccccc4COc4cc(F)ccc43)cc2[nH]1. The number of nitrogens with one attached hydrogen (secondary N) is 2. The third kappa shape index (κ3) is 2.81. The summed E-state index contributed by atoms with van der Waals surface area (Å²) in [6.07, 6.45) is 0.724. The Morgan fingerprint density at radius 3 is 2.74 bits per heavy atom. The van der Waals surface area contributed by atoms with Gasteiger partial charge in [0.2, 0.25) is 0 Å². The van der Waals surface area contributed by atoms with Crippen LogP contribution in [0.4, 0.5) is 4.39 Å². The summed E-state index contributed by atoms with van der Waals surface area (Å²) in [5.41, 5.74) is 5.72. The predicted molar refractivity (Wildman–Crippen MR) is 102 cm³/mol. The number of aromatic nitrogens is 2. The Hall–Kier alpha value is -3.34. The molecule has 0 unspecified atom stereocenters. The van der Waals surface area contributed by atoms with Gasteiger partial charge in [-0.1, -0.05) is 36.4 Å². The lowest BCUT2D eigenvalue weighted by atomic mass is 9.84. The van der Waals surface area contributed by atoms with Crippen molar-refractivity contribution in [3.05, 3.63) is 99.2 Å². The van der Waals surface area contributed by atoms with Gasteiger partial charge in [-0.2, -0.15) is 0 Å². The number of H-pyrrole nitrogens is 2. The van der Waals surface area contributed by atoms with Crippen LogP contribution in [0.1, 0.15) is 28.2 Å². The molecule has 4 nitrogen and oxygen atoms in total. The predicted octanol–water partition coefficient (Wildman–Crippen LogP) is 4.26. The van der Waals surface area contributed by atoms with E-state index in [1.165, 1.54) is 17.7 Å². The van der Waals surface area contributed by atoms with E-state index < -0.39 is 0 Å². The second kappa shape index (κ2) is 6.13. The fraction of sp³-hybridized carbons (Fsp3) is 0.136. The van der Waals surface area contributed by atoms with Gasteiger partial charge in [-0.25, -0.2) is 9.18 Å². The van der Waals surface area contributed by atoms with Crippen molar-refractivity contribution in [2.24, 2.45) is 0 Å². The number of rotatable bonds is 2. The van der Waals surface area contributed by atoms with Gasteiger partial charge in [0.15, 0.2) is 0 Å². The quantitative estimate of drug-likeness (QED) is 0.561. The lowest BCUT2D eigenvalue weighted by Gasteiger charge is -2.19. The van der Waals surface area contributed by atoms with Crippen LogP contribution in [0.25, 0.3) is 11.0 Å². The first kappa shape index (κ1) is 15.9. The first-order valence-corrected chi connectivity index (χ1v) is 8.88. The number of hydrogen-bond acceptors (Lipinski definition) is 2. The number of halogens is 1. The van der Waals surface area contributed by atoms with Gasteiger partial charge in [0, 0.05) is 17.5 Å². The zero-order valence-electron chi connectivity index (χ0n) is 14.5. The minimum Gasteiger partial charge on any atom is -0.488 e. The van der Waals surface area contributed by atoms with Crippen LogP contribution in [0.15, 0.2) is 65.5 Å². The normalized spacial score (nSPS) is 15.7. The number of ether oxygens (including phenoxy) is 1. The van der Waals surface area contributed by atoms with Gasteiger partial charge >= 0.3 is 5.69 Å². The molecule has 5 rings (SSSR count). The first-order valence-electron chi connectivity index (χ1n) is 8.88. The minimum absolute atomic E-state index is 0.0439. The molecule has 3 aromatic carbocycles. The molecule has 0 saturated heterocycles. The van der Waals surface area contributed by atoms with Crippen LogP contribution < -0.4 is 10.4 Å². The van der Waals surface area contributed by atoms with Crippen molar-refractivity contribution in [1.29, 1.82) is 0 Å². The molecule has 0 bridgehead atoms. The van der Waals surface area contributed by atoms with E-state index in [2.05, 4.69) is 22.1 Å². The number of aromatic amines is 2. The Balaban J connectivity index is 1.63. The van der Waals surface area contributed by atoms with Crippen LogP contribution in [-0.4, -0.2) is 9.97 Å². The summed E-state index contributed by atoms with van der Waals surface area (Å²) < 4.78 is 19.7. The molecule has 27 heavy (non-hydrogen) atoms. The molecule has 1 aliphatic heterocycles. The van der Waals surface area contributed by atoms with Crippen LogP contribution in [-0.2, 0) is 13.0 Å². The smallest absolute Gasteiger partial charge is 0.323 e. The van der Waals surface area contributed by atoms with Gasteiger partial charge < -0.3 is 14.7 Å². The van der Waals surface area contributed by atoms with Gasteiger partial charge in [0.25, 0.3) is 0 Å². The van der Waals surface area contributed by atoms with E-state index >= 15 is 0 Å². The van der Waals surface area contributed by atoms with Crippen LogP contribution in [0.2, 0.25) is 0 Å². The summed E-state index contributed by atoms with van der Waals surface area (Å²) in [4.78, 5) is 17.1. The first-order chi connectivity index (χ1) is 13.2. The van der Waals surface area contributed by atoms with Crippen molar-refractivity contribution in [2.45, 2.75) is 18.9 Å². The summed E-state index contributed by atoms with van der Waals surface area (Å²) in [7, 11) is 0. The molecule has 0 saturated carbocycles. The van der Waals surface area contributed by atoms with Crippen LogP contribution >= 0.6 is 0 Å². The van der Waals surface area contributed by atoms with Crippen molar-refractivity contribution in [2.75, 3.05) is 0 Å². The maximum atomic E-state index is 13.8. The number of benzene rings is 3. The Labute approximate surface area is 154 Å². The van der Waals surface area contributed by atoms with E-state index in [4.69, 9.17) is 4.74 Å². The van der Waals surface area contributed by atoms with Gasteiger partial charge in [0.1, 0.15) is 18.2 Å². The molecular weight excluding hydrogens is 343 g/mol. The summed E-state index contributed by atoms with van der Waals surface area (Å²) in [6, 6.07) is 18.8. The molecule has 4 aromatic rings. The molecule has 1 aromatic heterocycles. The lowest BCUT2D eigenvalue weighted by Crippen LogP contribution is -2.06. The van der Waals surface area contributed by atoms with Crippen molar-refractivity contribution in [1.82, 2.24) is 9.97 Å². The molecule has 1 atom stereocenters. The topological polar surface area (TPSA) is 57.9 Å². The standard InChI is InChI=1S/C22H17FN2O2/c23-15-6-7-17-18(9-13-5-8-19-20(10-13)25-22(26)24-19)16-4-2-1-3-14(16)12-27-21(17)11-15/h1-8,10-11,18H,9,12H2,(H2,24,25,26)/t18-/m0/s1. The minimum atomic E-state index is -0.301. The average molecular weight is 360 g/mol. The molecular formula is C22H17FN2O2. The molecule has 5 heteroatoms. The molecule has 0 radical (unpaired) electrons. The van der Waals surface area contributed by atoms with E-state index in [1.807, 2.05) is 36.4 Å². The van der Waals surface area contributed by atoms with Gasteiger partial charge in [-0.05, 0) is 41.3 Å². The second-order valence-electron chi connectivity index (χ2n) is 6.89. The summed E-state index contributed by atoms with van der Waals surface area (Å²) in [6.45, 7) is 0.424. The summed E-state index contributed by atoms with van der Waals surface area (Å²) >= 11 is 0. The van der Waals surface area contributed by atoms with E-state index in [0.29, 0.717) is 12.4 Å². The number of fused-ring (bicyclic) bond motifs is 3. The molecule has 1 aliphatic rings. The number of imidazole rings is 1. The third-order valence-corrected chi connectivity index (χ3v) is 5.18. The van der Waals surface area contributed by atoms with Crippen molar-refractivity contribution < 1.29 is 9.13 Å². The Kier molecular flexibility index (Phi) is 3.60. The highest BCUT2D eigenvalue weighted by molar-refractivity contribution is 5.75. The zero-order chi connectivity index (χ0) is 18.4. The molecule has 0 fully saturated rings. The molecule has 0 spiro atoms. The second-order valence-corrected chi connectivity index (χ2v) is 6.89. The van der Waals surface area contributed by atoms with Crippen LogP contribution in [0, 0.1) is 5.82 Å². The maximum Gasteiger partial charge on any atom is 0.323 e. The van der Waals surface area contributed by atoms with Crippen molar-refractivity contribution in [3.63, 3.8) is 0 Å². The van der Waals surface area contributed by atoms with Crippen molar-refractivity contribution in [3.8, 4) is 5.75 Å². The Bertz CT molecular complexity index is 1210. The monoisotopic (exact) mass is 360 g/mol. The maximum absolute atomic E-state index is 13.8. The average Bonchev–Trinajstić information content (AvgIpc) is 2.97. The van der Waals surface area contributed by atoms with E-state index in [0.717, 1.165) is 34.1 Å². The third-order valence-electron chi connectivity index (χ3n) is 5.18.